The maximum atomic E-state index is 12.6. The quantitative estimate of drug-likeness (QED) is 0.691. The van der Waals surface area contributed by atoms with Gasteiger partial charge in [-0.3, -0.25) is 4.79 Å². The molecule has 30 heavy (non-hydrogen) atoms. The molecule has 0 saturated heterocycles. The van der Waals surface area contributed by atoms with Crippen LogP contribution in [0.25, 0.3) is 21.9 Å². The molecule has 1 fully saturated rings. The summed E-state index contributed by atoms with van der Waals surface area (Å²) in [6, 6.07) is 12.5. The second kappa shape index (κ2) is 7.89. The van der Waals surface area contributed by atoms with Crippen LogP contribution in [0.1, 0.15) is 25.7 Å². The van der Waals surface area contributed by atoms with Gasteiger partial charge in [-0.15, -0.1) is 0 Å². The zero-order valence-corrected chi connectivity index (χ0v) is 18.0. The van der Waals surface area contributed by atoms with Crippen LogP contribution in [0.2, 0.25) is 0 Å². The molecule has 0 atom stereocenters. The van der Waals surface area contributed by atoms with Gasteiger partial charge in [-0.2, -0.15) is 0 Å². The molecular weight excluding hydrogens is 400 g/mol. The van der Waals surface area contributed by atoms with E-state index in [0.29, 0.717) is 16.7 Å². The minimum absolute atomic E-state index is 0.0337. The maximum absolute atomic E-state index is 12.6. The Bertz CT molecular complexity index is 1260. The van der Waals surface area contributed by atoms with Crippen LogP contribution >= 0.6 is 0 Å². The van der Waals surface area contributed by atoms with E-state index in [2.05, 4.69) is 0 Å². The number of hydrogen-bond donors (Lipinski definition) is 1. The van der Waals surface area contributed by atoms with Gasteiger partial charge in [0.2, 0.25) is 0 Å². The van der Waals surface area contributed by atoms with E-state index in [-0.39, 0.29) is 22.6 Å². The minimum Gasteiger partial charge on any atom is -0.490 e. The lowest BCUT2D eigenvalue weighted by molar-refractivity contribution is 0.148. The van der Waals surface area contributed by atoms with Crippen molar-refractivity contribution in [2.75, 3.05) is 6.26 Å². The molecule has 2 N–H and O–H groups in total. The van der Waals surface area contributed by atoms with E-state index in [1.807, 2.05) is 18.2 Å². The number of aromatic nitrogens is 1. The normalized spacial score (nSPS) is 19.7. The summed E-state index contributed by atoms with van der Waals surface area (Å²) in [5.41, 5.74) is 7.35. The lowest BCUT2D eigenvalue weighted by Gasteiger charge is -2.28. The van der Waals surface area contributed by atoms with Crippen LogP contribution in [-0.2, 0) is 16.9 Å². The topological polar surface area (TPSA) is 91.4 Å². The average molecular weight is 427 g/mol. The molecule has 1 aliphatic rings. The van der Waals surface area contributed by atoms with E-state index in [4.69, 9.17) is 10.5 Å². The SMILES string of the molecule is Cn1cc(-c2cc(S(C)(=O)=O)ccc2OC2CCC(N)CC2)c2ccccc2c1=O. The monoisotopic (exact) mass is 426 g/mol. The van der Waals surface area contributed by atoms with E-state index < -0.39 is 9.84 Å². The van der Waals surface area contributed by atoms with Crippen molar-refractivity contribution in [3.8, 4) is 16.9 Å². The fourth-order valence-electron chi connectivity index (χ4n) is 4.07. The van der Waals surface area contributed by atoms with Crippen LogP contribution in [0.5, 0.6) is 5.75 Å². The Morgan fingerprint density at radius 3 is 2.33 bits per heavy atom. The molecule has 1 heterocycles. The minimum atomic E-state index is -3.40. The van der Waals surface area contributed by atoms with Crippen molar-refractivity contribution < 1.29 is 13.2 Å². The zero-order valence-electron chi connectivity index (χ0n) is 17.2. The fraction of sp³-hybridized carbons (Fsp3) is 0.348. The largest absolute Gasteiger partial charge is 0.490 e. The van der Waals surface area contributed by atoms with E-state index in [1.54, 1.807) is 37.5 Å². The summed E-state index contributed by atoms with van der Waals surface area (Å²) in [6.45, 7) is 0. The van der Waals surface area contributed by atoms with Gasteiger partial charge in [0, 0.05) is 42.1 Å². The Morgan fingerprint density at radius 1 is 1.00 bits per heavy atom. The maximum Gasteiger partial charge on any atom is 0.258 e. The van der Waals surface area contributed by atoms with Crippen LogP contribution in [0, 0.1) is 0 Å². The molecule has 6 nitrogen and oxygen atoms in total. The first-order valence-corrected chi connectivity index (χ1v) is 12.0. The van der Waals surface area contributed by atoms with Gasteiger partial charge in [0.25, 0.3) is 5.56 Å². The Kier molecular flexibility index (Phi) is 5.42. The zero-order chi connectivity index (χ0) is 21.5. The summed E-state index contributed by atoms with van der Waals surface area (Å²) >= 11 is 0. The molecule has 0 spiro atoms. The summed E-state index contributed by atoms with van der Waals surface area (Å²) in [5, 5.41) is 1.35. The van der Waals surface area contributed by atoms with E-state index >= 15 is 0 Å². The highest BCUT2D eigenvalue weighted by Crippen LogP contribution is 2.37. The van der Waals surface area contributed by atoms with Gasteiger partial charge in [-0.25, -0.2) is 8.42 Å². The Hall–Kier alpha value is -2.64. The molecule has 1 aromatic heterocycles. The van der Waals surface area contributed by atoms with E-state index in [1.165, 1.54) is 10.8 Å². The van der Waals surface area contributed by atoms with Crippen molar-refractivity contribution in [2.45, 2.75) is 42.7 Å². The highest BCUT2D eigenvalue weighted by atomic mass is 32.2. The number of hydrogen-bond acceptors (Lipinski definition) is 5. The van der Waals surface area contributed by atoms with Crippen molar-refractivity contribution >= 4 is 20.6 Å². The Labute approximate surface area is 176 Å². The molecule has 4 rings (SSSR count). The predicted molar refractivity (Wildman–Crippen MR) is 119 cm³/mol. The predicted octanol–water partition coefficient (Wildman–Crippen LogP) is 3.26. The lowest BCUT2D eigenvalue weighted by atomic mass is 9.93. The number of ether oxygens (including phenoxy) is 1. The Balaban J connectivity index is 1.90. The summed E-state index contributed by atoms with van der Waals surface area (Å²) in [5.74, 6) is 0.617. The fourth-order valence-corrected chi connectivity index (χ4v) is 4.72. The van der Waals surface area contributed by atoms with Gasteiger partial charge < -0.3 is 15.0 Å². The molecule has 7 heteroatoms. The molecular formula is C23H26N2O4S. The number of fused-ring (bicyclic) bond motifs is 1. The third-order valence-electron chi connectivity index (χ3n) is 5.77. The molecule has 0 bridgehead atoms. The van der Waals surface area contributed by atoms with Crippen molar-refractivity contribution in [3.63, 3.8) is 0 Å². The summed E-state index contributed by atoms with van der Waals surface area (Å²) in [4.78, 5) is 12.8. The van der Waals surface area contributed by atoms with Gasteiger partial charge in [-0.05, 0) is 55.3 Å². The molecule has 0 unspecified atom stereocenters. The summed E-state index contributed by atoms with van der Waals surface area (Å²) < 4.78 is 32.3. The highest BCUT2D eigenvalue weighted by Gasteiger charge is 2.23. The van der Waals surface area contributed by atoms with Gasteiger partial charge in [0.05, 0.1) is 11.0 Å². The van der Waals surface area contributed by atoms with Gasteiger partial charge in [0.15, 0.2) is 9.84 Å². The number of sulfone groups is 1. The number of aryl methyl sites for hydroxylation is 1. The van der Waals surface area contributed by atoms with Crippen molar-refractivity contribution in [1.29, 1.82) is 0 Å². The molecule has 1 saturated carbocycles. The third-order valence-corrected chi connectivity index (χ3v) is 6.88. The van der Waals surface area contributed by atoms with Crippen LogP contribution in [-0.4, -0.2) is 31.4 Å². The van der Waals surface area contributed by atoms with Gasteiger partial charge >= 0.3 is 0 Å². The summed E-state index contributed by atoms with van der Waals surface area (Å²) in [7, 11) is -1.71. The molecule has 3 aromatic rings. The van der Waals surface area contributed by atoms with Crippen LogP contribution < -0.4 is 16.0 Å². The highest BCUT2D eigenvalue weighted by molar-refractivity contribution is 7.90. The number of benzene rings is 2. The van der Waals surface area contributed by atoms with Gasteiger partial charge in [-0.1, -0.05) is 18.2 Å². The third kappa shape index (κ3) is 4.00. The lowest BCUT2D eigenvalue weighted by Crippen LogP contribution is -2.31. The molecule has 1 aliphatic carbocycles. The molecule has 0 radical (unpaired) electrons. The average Bonchev–Trinajstić information content (AvgIpc) is 2.72. The summed E-state index contributed by atoms with van der Waals surface area (Å²) in [6.07, 6.45) is 6.51. The van der Waals surface area contributed by atoms with Crippen molar-refractivity contribution in [2.24, 2.45) is 12.8 Å². The van der Waals surface area contributed by atoms with Gasteiger partial charge in [0.1, 0.15) is 5.75 Å². The number of rotatable bonds is 4. The van der Waals surface area contributed by atoms with E-state index in [0.717, 1.165) is 36.6 Å². The number of nitrogens with zero attached hydrogens (tertiary/aromatic N) is 1. The van der Waals surface area contributed by atoms with Crippen LogP contribution in [0.3, 0.4) is 0 Å². The van der Waals surface area contributed by atoms with E-state index in [9.17, 15) is 13.2 Å². The smallest absolute Gasteiger partial charge is 0.258 e. The molecule has 158 valence electrons. The van der Waals surface area contributed by atoms with Crippen LogP contribution in [0.15, 0.2) is 58.4 Å². The number of pyridine rings is 1. The first kappa shape index (κ1) is 20.6. The van der Waals surface area contributed by atoms with Crippen LogP contribution in [0.4, 0.5) is 0 Å². The van der Waals surface area contributed by atoms with Crippen molar-refractivity contribution in [1.82, 2.24) is 4.57 Å². The molecule has 2 aromatic carbocycles. The second-order valence-electron chi connectivity index (χ2n) is 8.09. The standard InChI is InChI=1S/C23H26N2O4S/c1-25-14-21(18-5-3-4-6-19(18)23(25)26)20-13-17(30(2,27)28)11-12-22(20)29-16-9-7-15(24)8-10-16/h3-6,11-16H,7-10,24H2,1-2H3. The molecule has 0 amide bonds. The Morgan fingerprint density at radius 2 is 1.67 bits per heavy atom. The first-order chi connectivity index (χ1) is 14.2. The second-order valence-corrected chi connectivity index (χ2v) is 10.1. The van der Waals surface area contributed by atoms with Crippen molar-refractivity contribution in [3.05, 3.63) is 59.0 Å². The molecule has 0 aliphatic heterocycles. The first-order valence-electron chi connectivity index (χ1n) is 10.1. The number of nitrogens with two attached hydrogens (primary N) is 1.